The fraction of sp³-hybridized carbons (Fsp3) is 0.280. The van der Waals surface area contributed by atoms with Crippen molar-refractivity contribution in [1.82, 2.24) is 0 Å². The van der Waals surface area contributed by atoms with Crippen LogP contribution in [0.5, 0.6) is 11.5 Å². The van der Waals surface area contributed by atoms with Gasteiger partial charge in [-0.15, -0.1) is 13.2 Å². The van der Waals surface area contributed by atoms with Crippen LogP contribution < -0.4 is 14.7 Å². The number of benzene rings is 2. The summed E-state index contributed by atoms with van der Waals surface area (Å²) in [5.74, 6) is -0.266. The molecular weight excluding hydrogens is 614 g/mol. The van der Waals surface area contributed by atoms with Crippen molar-refractivity contribution in [1.29, 1.82) is 0 Å². The standard InChI is InChI=1S/C13H16O4.C12H14O4.Ba.H2O2.H2O/c1-4-8-17-9-11-10(13(14)16-3)6-5-7-12(11)15-2;1-3-7-16-8-10-9(12(13)14)5-4-6-11(10)15-2;;1-2;/h4-7H,1,8-9H2,2-3H3;3-6H,1,7-8H2,2H3,(H,13,14);;1-2H;1H2/q;;+2;;/p-2. The number of carbonyl (C=O) groups is 2. The van der Waals surface area contributed by atoms with Gasteiger partial charge in [0.2, 0.25) is 0 Å². The molecule has 0 aliphatic carbocycles. The van der Waals surface area contributed by atoms with Crippen molar-refractivity contribution in [2.75, 3.05) is 34.5 Å². The molecule has 0 aliphatic heterocycles. The van der Waals surface area contributed by atoms with Gasteiger partial charge in [-0.25, -0.2) is 9.59 Å². The number of ether oxygens (including phenoxy) is 5. The van der Waals surface area contributed by atoms with E-state index in [9.17, 15) is 9.59 Å². The van der Waals surface area contributed by atoms with E-state index >= 15 is 0 Å². The summed E-state index contributed by atoms with van der Waals surface area (Å²) >= 11 is 0. The average Bonchev–Trinajstić information content (AvgIpc) is 2.89. The van der Waals surface area contributed by atoms with E-state index in [0.717, 1.165) is 0 Å². The Labute approximate surface area is 256 Å². The monoisotopic (exact) mass is 646 g/mol. The van der Waals surface area contributed by atoms with Crippen molar-refractivity contribution < 1.29 is 54.4 Å². The van der Waals surface area contributed by atoms with Gasteiger partial charge in [0, 0.05) is 11.1 Å². The minimum atomic E-state index is -0.990. The second-order valence-corrected chi connectivity index (χ2v) is 6.38. The van der Waals surface area contributed by atoms with Crippen molar-refractivity contribution in [2.24, 2.45) is 0 Å². The maximum Gasteiger partial charge on any atom is 2.00 e. The molecule has 3 N–H and O–H groups in total. The van der Waals surface area contributed by atoms with E-state index < -0.39 is 11.9 Å². The van der Waals surface area contributed by atoms with E-state index in [0.29, 0.717) is 41.4 Å². The van der Waals surface area contributed by atoms with Crippen molar-refractivity contribution in [3.63, 3.8) is 0 Å². The molecule has 0 amide bonds. The predicted molar refractivity (Wildman–Crippen MR) is 134 cm³/mol. The Kier molecular flexibility index (Phi) is 25.7. The number of carboxylic acids is 1. The van der Waals surface area contributed by atoms with Crippen LogP contribution in [0.4, 0.5) is 0 Å². The Balaban J connectivity index is -0.000000558. The maximum absolute atomic E-state index is 11.6. The summed E-state index contributed by atoms with van der Waals surface area (Å²) in [6, 6.07) is 10.1. The maximum atomic E-state index is 11.6. The smallest absolute Gasteiger partial charge is 0.870 e. The minimum absolute atomic E-state index is 0. The molecular formula is C25H32BaO11. The summed E-state index contributed by atoms with van der Waals surface area (Å²) in [5.41, 5.74) is 1.88. The molecule has 2 aromatic carbocycles. The number of hydrogen-bond donors (Lipinski definition) is 2. The van der Waals surface area contributed by atoms with Crippen molar-refractivity contribution >= 4 is 60.8 Å². The molecule has 12 heteroatoms. The van der Waals surface area contributed by atoms with E-state index in [4.69, 9.17) is 39.3 Å². The molecule has 37 heavy (non-hydrogen) atoms. The zero-order valence-corrected chi connectivity index (χ0v) is 25.6. The second-order valence-electron chi connectivity index (χ2n) is 6.38. The number of aromatic carboxylic acids is 1. The first-order valence-electron chi connectivity index (χ1n) is 10.1. The summed E-state index contributed by atoms with van der Waals surface area (Å²) < 4.78 is 25.6. The number of hydrogen-bond acceptors (Lipinski definition) is 10. The molecule has 11 nitrogen and oxygen atoms in total. The van der Waals surface area contributed by atoms with Crippen LogP contribution in [0, 0.1) is 0 Å². The summed E-state index contributed by atoms with van der Waals surface area (Å²) in [7, 11) is 4.39. The molecule has 0 atom stereocenters. The number of rotatable bonds is 12. The topological polar surface area (TPSA) is 174 Å². The first-order chi connectivity index (χ1) is 16.9. The van der Waals surface area contributed by atoms with Gasteiger partial charge in [0.15, 0.2) is 0 Å². The fourth-order valence-electron chi connectivity index (χ4n) is 2.80. The van der Waals surface area contributed by atoms with E-state index in [1.807, 2.05) is 0 Å². The largest absolute Gasteiger partial charge is 2.00 e. The second kappa shape index (κ2) is 24.2. The van der Waals surface area contributed by atoms with Crippen LogP contribution in [0.1, 0.15) is 31.8 Å². The van der Waals surface area contributed by atoms with Crippen molar-refractivity contribution in [2.45, 2.75) is 13.2 Å². The number of esters is 1. The Morgan fingerprint density at radius 3 is 1.59 bits per heavy atom. The molecule has 0 radical (unpaired) electrons. The minimum Gasteiger partial charge on any atom is -0.870 e. The molecule has 0 saturated heterocycles. The molecule has 0 aliphatic rings. The summed E-state index contributed by atoms with van der Waals surface area (Å²) in [6.07, 6.45) is 3.25. The average molecular weight is 646 g/mol. The van der Waals surface area contributed by atoms with Gasteiger partial charge in [-0.1, -0.05) is 24.3 Å². The van der Waals surface area contributed by atoms with Gasteiger partial charge in [0.05, 0.1) is 58.9 Å². The quantitative estimate of drug-likeness (QED) is 0.0867. The zero-order chi connectivity index (χ0) is 26.6. The molecule has 0 heterocycles. The number of carbonyl (C=O) groups excluding carboxylic acids is 1. The molecule has 200 valence electrons. The van der Waals surface area contributed by atoms with Crippen LogP contribution in [0.25, 0.3) is 0 Å². The van der Waals surface area contributed by atoms with Gasteiger partial charge in [-0.3, -0.25) is 0 Å². The van der Waals surface area contributed by atoms with Gasteiger partial charge in [-0.05, 0) is 24.3 Å². The molecule has 0 spiro atoms. The van der Waals surface area contributed by atoms with Crippen LogP contribution in [0.3, 0.4) is 0 Å². The van der Waals surface area contributed by atoms with Crippen LogP contribution in [-0.4, -0.2) is 111 Å². The van der Waals surface area contributed by atoms with E-state index in [1.165, 1.54) is 20.3 Å². The summed E-state index contributed by atoms with van der Waals surface area (Å²) in [5, 5.41) is 22.0. The van der Waals surface area contributed by atoms with E-state index in [1.54, 1.807) is 49.6 Å². The molecule has 2 aromatic rings. The van der Waals surface area contributed by atoms with Gasteiger partial charge in [0.1, 0.15) is 11.5 Å². The van der Waals surface area contributed by atoms with Gasteiger partial charge in [-0.2, -0.15) is 0 Å². The van der Waals surface area contributed by atoms with Crippen molar-refractivity contribution in [3.05, 3.63) is 84.0 Å². The van der Waals surface area contributed by atoms with Gasteiger partial charge < -0.3 is 44.8 Å². The molecule has 0 fully saturated rings. The third kappa shape index (κ3) is 13.8. The van der Waals surface area contributed by atoms with Gasteiger partial charge in [0.25, 0.3) is 0 Å². The normalized spacial score (nSPS) is 8.89. The third-order valence-corrected chi connectivity index (χ3v) is 4.31. The Bertz CT molecular complexity index is 948. The van der Waals surface area contributed by atoms with E-state index in [2.05, 4.69) is 13.2 Å². The molecule has 0 unspecified atom stereocenters. The third-order valence-electron chi connectivity index (χ3n) is 4.31. The molecule has 2 rings (SSSR count). The molecule has 0 saturated carbocycles. The fourth-order valence-corrected chi connectivity index (χ4v) is 2.80. The molecule has 0 bridgehead atoms. The number of carboxylic acid groups (broad SMARTS) is 1. The SMILES string of the molecule is C=CCOCc1c(OC)cccc1C(=O)O.C=CCOCc1c(OC)cccc1C(=O)OC.[Ba+2].[O-]O.[OH-]. The van der Waals surface area contributed by atoms with E-state index in [-0.39, 0.29) is 73.1 Å². The first kappa shape index (κ1) is 39.3. The first-order valence-corrected chi connectivity index (χ1v) is 10.1. The molecule has 0 aromatic heterocycles. The summed E-state index contributed by atoms with van der Waals surface area (Å²) in [6.45, 7) is 8.34. The summed E-state index contributed by atoms with van der Waals surface area (Å²) in [4.78, 5) is 22.6. The van der Waals surface area contributed by atoms with Crippen LogP contribution >= 0.6 is 0 Å². The van der Waals surface area contributed by atoms with Gasteiger partial charge >= 0.3 is 60.8 Å². The Morgan fingerprint density at radius 2 is 1.24 bits per heavy atom. The Hall–Kier alpha value is -2.17. The van der Waals surface area contributed by atoms with Crippen LogP contribution in [0.15, 0.2) is 61.7 Å². The zero-order valence-electron chi connectivity index (χ0n) is 21.2. The van der Waals surface area contributed by atoms with Crippen molar-refractivity contribution in [3.8, 4) is 11.5 Å². The Morgan fingerprint density at radius 1 is 0.838 bits per heavy atom. The van der Waals surface area contributed by atoms with Crippen LogP contribution in [-0.2, 0) is 27.4 Å². The number of methoxy groups -OCH3 is 3. The predicted octanol–water partition coefficient (Wildman–Crippen LogP) is 2.54. The van der Waals surface area contributed by atoms with Crippen LogP contribution in [0.2, 0.25) is 0 Å².